The monoisotopic (exact) mass is 358 g/mol. The molecule has 0 aromatic heterocycles. The zero-order chi connectivity index (χ0) is 19.1. The first-order chi connectivity index (χ1) is 12.4. The first kappa shape index (κ1) is 19.6. The number of amides is 2. The van der Waals surface area contributed by atoms with Crippen LogP contribution in [0.2, 0.25) is 0 Å². The molecule has 2 amide bonds. The van der Waals surface area contributed by atoms with Gasteiger partial charge in [-0.1, -0.05) is 17.7 Å². The molecule has 26 heavy (non-hydrogen) atoms. The second-order valence-corrected chi connectivity index (χ2v) is 6.34. The Morgan fingerprint density at radius 2 is 1.65 bits per heavy atom. The highest BCUT2D eigenvalue weighted by atomic mass is 19.1. The van der Waals surface area contributed by atoms with Crippen molar-refractivity contribution in [2.45, 2.75) is 13.8 Å². The molecule has 0 spiro atoms. The van der Waals surface area contributed by atoms with Crippen LogP contribution in [-0.2, 0) is 9.59 Å². The van der Waals surface area contributed by atoms with Gasteiger partial charge in [0, 0.05) is 17.9 Å². The first-order valence-electron chi connectivity index (χ1n) is 8.62. The van der Waals surface area contributed by atoms with Gasteiger partial charge in [0.2, 0.25) is 0 Å². The zero-order valence-electron chi connectivity index (χ0n) is 15.4. The summed E-state index contributed by atoms with van der Waals surface area (Å²) < 4.78 is 13.1. The predicted octanol–water partition coefficient (Wildman–Crippen LogP) is 1.64. The van der Waals surface area contributed by atoms with E-state index in [1.165, 1.54) is 12.1 Å². The van der Waals surface area contributed by atoms with E-state index in [9.17, 15) is 14.0 Å². The van der Waals surface area contributed by atoms with E-state index in [-0.39, 0.29) is 30.7 Å². The maximum atomic E-state index is 13.1. The molecule has 0 fully saturated rings. The van der Waals surface area contributed by atoms with Gasteiger partial charge in [0.1, 0.15) is 5.82 Å². The quantitative estimate of drug-likeness (QED) is 0.791. The Labute approximate surface area is 153 Å². The summed E-state index contributed by atoms with van der Waals surface area (Å²) in [5.41, 5.74) is 2.51. The largest absolute Gasteiger partial charge is 0.322 e. The Morgan fingerprint density at radius 3 is 2.23 bits per heavy atom. The lowest BCUT2D eigenvalue weighted by Crippen LogP contribution is -3.11. The minimum Gasteiger partial charge on any atom is -0.322 e. The maximum absolute atomic E-state index is 13.1. The number of aryl methyl sites for hydroxylation is 1. The SMILES string of the molecule is CCN(C(=O)C[NH+](C)CC(=O)Nc1ccc(C)cc1)c1ccc(F)cc1. The van der Waals surface area contributed by atoms with Crippen LogP contribution in [0.25, 0.3) is 0 Å². The summed E-state index contributed by atoms with van der Waals surface area (Å²) in [5, 5.41) is 2.83. The minimum absolute atomic E-state index is 0.111. The van der Waals surface area contributed by atoms with Gasteiger partial charge in [-0.25, -0.2) is 4.39 Å². The van der Waals surface area contributed by atoms with E-state index in [4.69, 9.17) is 0 Å². The molecule has 0 bridgehead atoms. The molecule has 0 saturated carbocycles. The number of nitrogens with zero attached hydrogens (tertiary/aromatic N) is 1. The number of halogens is 1. The molecule has 0 aliphatic carbocycles. The van der Waals surface area contributed by atoms with E-state index >= 15 is 0 Å². The third-order valence-electron chi connectivity index (χ3n) is 4.01. The summed E-state index contributed by atoms with van der Waals surface area (Å²) in [6, 6.07) is 13.4. The lowest BCUT2D eigenvalue weighted by molar-refractivity contribution is -0.862. The summed E-state index contributed by atoms with van der Waals surface area (Å²) in [5.74, 6) is -0.600. The molecule has 0 aliphatic heterocycles. The molecule has 0 radical (unpaired) electrons. The Kier molecular flexibility index (Phi) is 6.86. The van der Waals surface area contributed by atoms with Gasteiger partial charge in [0.15, 0.2) is 13.1 Å². The zero-order valence-corrected chi connectivity index (χ0v) is 15.4. The van der Waals surface area contributed by atoms with Gasteiger partial charge < -0.3 is 15.1 Å². The molecule has 1 atom stereocenters. The number of quaternary nitrogens is 1. The van der Waals surface area contributed by atoms with E-state index in [0.29, 0.717) is 12.2 Å². The van der Waals surface area contributed by atoms with Crippen molar-refractivity contribution in [1.29, 1.82) is 0 Å². The van der Waals surface area contributed by atoms with Gasteiger partial charge in [-0.2, -0.15) is 0 Å². The highest BCUT2D eigenvalue weighted by molar-refractivity contribution is 5.94. The van der Waals surface area contributed by atoms with Crippen LogP contribution in [0.3, 0.4) is 0 Å². The molecule has 0 heterocycles. The van der Waals surface area contributed by atoms with Crippen LogP contribution < -0.4 is 15.1 Å². The number of hydrogen-bond acceptors (Lipinski definition) is 2. The molecule has 1 unspecified atom stereocenters. The second kappa shape index (κ2) is 9.10. The van der Waals surface area contributed by atoms with E-state index in [0.717, 1.165) is 16.2 Å². The van der Waals surface area contributed by atoms with Crippen molar-refractivity contribution in [1.82, 2.24) is 0 Å². The van der Waals surface area contributed by atoms with Gasteiger partial charge in [-0.15, -0.1) is 0 Å². The fourth-order valence-corrected chi connectivity index (χ4v) is 2.66. The van der Waals surface area contributed by atoms with Crippen molar-refractivity contribution in [3.05, 3.63) is 59.9 Å². The molecular formula is C20H25FN3O2+. The van der Waals surface area contributed by atoms with Crippen molar-refractivity contribution in [3.8, 4) is 0 Å². The van der Waals surface area contributed by atoms with Crippen LogP contribution in [0.1, 0.15) is 12.5 Å². The molecule has 5 nitrogen and oxygen atoms in total. The second-order valence-electron chi connectivity index (χ2n) is 6.34. The van der Waals surface area contributed by atoms with E-state index in [1.54, 1.807) is 24.1 Å². The standard InChI is InChI=1S/C20H24FN3O2/c1-4-24(18-11-7-16(21)8-12-18)20(26)14-23(3)13-19(25)22-17-9-5-15(2)6-10-17/h5-12H,4,13-14H2,1-3H3,(H,22,25)/p+1. The van der Waals surface area contributed by atoms with Gasteiger partial charge in [0.05, 0.1) is 7.05 Å². The van der Waals surface area contributed by atoms with Gasteiger partial charge in [-0.3, -0.25) is 9.59 Å². The number of carbonyl (C=O) groups excluding carboxylic acids is 2. The number of nitrogens with one attached hydrogen (secondary N) is 2. The molecule has 2 aromatic carbocycles. The molecule has 6 heteroatoms. The molecule has 0 saturated heterocycles. The van der Waals surface area contributed by atoms with Crippen molar-refractivity contribution >= 4 is 23.2 Å². The van der Waals surface area contributed by atoms with Crippen molar-refractivity contribution in [2.24, 2.45) is 0 Å². The number of anilines is 2. The topological polar surface area (TPSA) is 53.9 Å². The van der Waals surface area contributed by atoms with Gasteiger partial charge >= 0.3 is 0 Å². The number of carbonyl (C=O) groups is 2. The molecule has 2 N–H and O–H groups in total. The Morgan fingerprint density at radius 1 is 1.04 bits per heavy atom. The van der Waals surface area contributed by atoms with E-state index < -0.39 is 0 Å². The molecule has 2 rings (SSSR count). The number of benzene rings is 2. The highest BCUT2D eigenvalue weighted by Crippen LogP contribution is 2.14. The van der Waals surface area contributed by atoms with Crippen molar-refractivity contribution in [2.75, 3.05) is 36.9 Å². The summed E-state index contributed by atoms with van der Waals surface area (Å²) in [7, 11) is 1.80. The smallest absolute Gasteiger partial charge is 0.282 e. The molecule has 0 aliphatic rings. The normalized spacial score (nSPS) is 11.7. The lowest BCUT2D eigenvalue weighted by Gasteiger charge is -2.22. The highest BCUT2D eigenvalue weighted by Gasteiger charge is 2.20. The first-order valence-corrected chi connectivity index (χ1v) is 8.62. The summed E-state index contributed by atoms with van der Waals surface area (Å²) in [4.78, 5) is 27.0. The summed E-state index contributed by atoms with van der Waals surface area (Å²) in [6.45, 7) is 4.68. The van der Waals surface area contributed by atoms with Crippen LogP contribution in [0, 0.1) is 12.7 Å². The third kappa shape index (κ3) is 5.67. The van der Waals surface area contributed by atoms with E-state index in [2.05, 4.69) is 5.32 Å². The van der Waals surface area contributed by atoms with Crippen LogP contribution in [0.5, 0.6) is 0 Å². The third-order valence-corrected chi connectivity index (χ3v) is 4.01. The predicted molar refractivity (Wildman–Crippen MR) is 101 cm³/mol. The lowest BCUT2D eigenvalue weighted by atomic mass is 10.2. The summed E-state index contributed by atoms with van der Waals surface area (Å²) >= 11 is 0. The van der Waals surface area contributed by atoms with Gasteiger partial charge in [0.25, 0.3) is 11.8 Å². The van der Waals surface area contributed by atoms with E-state index in [1.807, 2.05) is 38.1 Å². The average Bonchev–Trinajstić information content (AvgIpc) is 2.59. The maximum Gasteiger partial charge on any atom is 0.282 e. The Balaban J connectivity index is 1.89. The van der Waals surface area contributed by atoms with Crippen molar-refractivity contribution < 1.29 is 18.9 Å². The fourth-order valence-electron chi connectivity index (χ4n) is 2.66. The minimum atomic E-state index is -0.340. The van der Waals surface area contributed by atoms with Crippen LogP contribution in [0.15, 0.2) is 48.5 Å². The van der Waals surface area contributed by atoms with Crippen LogP contribution >= 0.6 is 0 Å². The Hall–Kier alpha value is -2.73. The van der Waals surface area contributed by atoms with Gasteiger partial charge in [-0.05, 0) is 50.2 Å². The molecular weight excluding hydrogens is 333 g/mol. The van der Waals surface area contributed by atoms with Crippen LogP contribution in [0.4, 0.5) is 15.8 Å². The number of hydrogen-bond donors (Lipinski definition) is 2. The average molecular weight is 358 g/mol. The molecule has 2 aromatic rings. The van der Waals surface area contributed by atoms with Crippen molar-refractivity contribution in [3.63, 3.8) is 0 Å². The fraction of sp³-hybridized carbons (Fsp3) is 0.300. The summed E-state index contributed by atoms with van der Waals surface area (Å²) in [6.07, 6.45) is 0. The Bertz CT molecular complexity index is 745. The number of likely N-dealkylation sites (N-methyl/N-ethyl adjacent to an activating group) is 2. The molecule has 138 valence electrons. The van der Waals surface area contributed by atoms with Crippen LogP contribution in [-0.4, -0.2) is 38.5 Å². The number of rotatable bonds is 7.